The molecule has 202 valence electrons. The van der Waals surface area contributed by atoms with Crippen molar-refractivity contribution in [1.82, 2.24) is 34.4 Å². The van der Waals surface area contributed by atoms with Crippen LogP contribution in [-0.4, -0.2) is 48.5 Å². The van der Waals surface area contributed by atoms with Gasteiger partial charge in [-0.25, -0.2) is 19.9 Å². The molecule has 4 heterocycles. The Balaban J connectivity index is 1.28. The van der Waals surface area contributed by atoms with E-state index in [9.17, 15) is 13.2 Å². The molecule has 0 spiro atoms. The molecule has 1 fully saturated rings. The first-order valence-corrected chi connectivity index (χ1v) is 12.5. The van der Waals surface area contributed by atoms with Crippen molar-refractivity contribution in [2.45, 2.75) is 44.6 Å². The van der Waals surface area contributed by atoms with E-state index < -0.39 is 11.9 Å². The summed E-state index contributed by atoms with van der Waals surface area (Å²) >= 11 is 0. The van der Waals surface area contributed by atoms with E-state index in [0.29, 0.717) is 47.7 Å². The summed E-state index contributed by atoms with van der Waals surface area (Å²) in [4.78, 5) is 24.4. The molecule has 4 aromatic rings. The van der Waals surface area contributed by atoms with E-state index >= 15 is 0 Å². The monoisotopic (exact) mass is 537 g/mol. The van der Waals surface area contributed by atoms with E-state index in [2.05, 4.69) is 19.9 Å². The van der Waals surface area contributed by atoms with Crippen LogP contribution in [0.4, 0.5) is 13.2 Å². The molecular formula is C27H26F3N7O2. The largest absolute Gasteiger partial charge is 0.480 e. The van der Waals surface area contributed by atoms with Crippen molar-refractivity contribution in [3.05, 3.63) is 65.0 Å². The summed E-state index contributed by atoms with van der Waals surface area (Å²) in [5.74, 6) is 1.97. The fourth-order valence-corrected chi connectivity index (χ4v) is 4.80. The van der Waals surface area contributed by atoms with Crippen molar-refractivity contribution in [1.29, 1.82) is 0 Å². The SMILES string of the molecule is COc1ncnc(C2CC2)c1-c1nc2c(c(OCc3ccc(-c4nc(C(F)(F)F)cn4C)cc3)n1)CN(C)C2. The lowest BCUT2D eigenvalue weighted by Crippen LogP contribution is -2.08. The molecule has 1 aliphatic heterocycles. The summed E-state index contributed by atoms with van der Waals surface area (Å²) in [6.07, 6.45) is 0.0982. The van der Waals surface area contributed by atoms with Crippen LogP contribution in [0.2, 0.25) is 0 Å². The van der Waals surface area contributed by atoms with Gasteiger partial charge in [0.05, 0.1) is 24.1 Å². The fourth-order valence-electron chi connectivity index (χ4n) is 4.80. The number of nitrogens with zero attached hydrogens (tertiary/aromatic N) is 7. The summed E-state index contributed by atoms with van der Waals surface area (Å²) in [7, 11) is 5.12. The molecule has 0 N–H and O–H groups in total. The summed E-state index contributed by atoms with van der Waals surface area (Å²) in [5.41, 5.74) is 3.89. The number of benzene rings is 1. The fraction of sp³-hybridized carbons (Fsp3) is 0.370. The number of aromatic nitrogens is 6. The molecule has 12 heteroatoms. The van der Waals surface area contributed by atoms with Gasteiger partial charge >= 0.3 is 6.18 Å². The first-order valence-electron chi connectivity index (χ1n) is 12.5. The summed E-state index contributed by atoms with van der Waals surface area (Å²) in [6.45, 7) is 1.54. The maximum atomic E-state index is 13.1. The third-order valence-electron chi connectivity index (χ3n) is 6.88. The Bertz CT molecular complexity index is 1530. The highest BCUT2D eigenvalue weighted by atomic mass is 19.4. The van der Waals surface area contributed by atoms with Crippen molar-refractivity contribution in [2.24, 2.45) is 7.05 Å². The van der Waals surface area contributed by atoms with Crippen LogP contribution in [0.5, 0.6) is 11.8 Å². The zero-order valence-corrected chi connectivity index (χ0v) is 21.7. The first kappa shape index (κ1) is 25.2. The highest BCUT2D eigenvalue weighted by Gasteiger charge is 2.35. The van der Waals surface area contributed by atoms with Gasteiger partial charge in [0.15, 0.2) is 11.5 Å². The van der Waals surface area contributed by atoms with Crippen molar-refractivity contribution in [2.75, 3.05) is 14.2 Å². The Labute approximate surface area is 222 Å². The van der Waals surface area contributed by atoms with Crippen LogP contribution in [0.15, 0.2) is 36.8 Å². The number of hydrogen-bond acceptors (Lipinski definition) is 8. The molecule has 0 atom stereocenters. The zero-order valence-electron chi connectivity index (χ0n) is 21.7. The predicted molar refractivity (Wildman–Crippen MR) is 135 cm³/mol. The molecule has 1 aliphatic carbocycles. The number of imidazole rings is 1. The molecule has 0 unspecified atom stereocenters. The number of methoxy groups -OCH3 is 1. The highest BCUT2D eigenvalue weighted by Crippen LogP contribution is 2.45. The molecule has 0 amide bonds. The number of hydrogen-bond donors (Lipinski definition) is 0. The van der Waals surface area contributed by atoms with Gasteiger partial charge in [-0.3, -0.25) is 4.90 Å². The van der Waals surface area contributed by atoms with E-state index in [1.54, 1.807) is 26.3 Å². The second-order valence-electron chi connectivity index (χ2n) is 9.91. The van der Waals surface area contributed by atoms with Gasteiger partial charge in [0.1, 0.15) is 24.3 Å². The lowest BCUT2D eigenvalue weighted by molar-refractivity contribution is -0.140. The van der Waals surface area contributed by atoms with Gasteiger partial charge in [-0.2, -0.15) is 18.2 Å². The second-order valence-corrected chi connectivity index (χ2v) is 9.91. The zero-order chi connectivity index (χ0) is 27.3. The Morgan fingerprint density at radius 3 is 2.41 bits per heavy atom. The Morgan fingerprint density at radius 2 is 1.74 bits per heavy atom. The molecule has 1 saturated carbocycles. The van der Waals surface area contributed by atoms with E-state index in [0.717, 1.165) is 41.6 Å². The molecular weight excluding hydrogens is 511 g/mol. The van der Waals surface area contributed by atoms with Crippen LogP contribution in [0.1, 0.15) is 47.0 Å². The predicted octanol–water partition coefficient (Wildman–Crippen LogP) is 4.76. The third-order valence-corrected chi connectivity index (χ3v) is 6.88. The molecule has 1 aromatic carbocycles. The number of alkyl halides is 3. The number of aryl methyl sites for hydroxylation is 1. The minimum Gasteiger partial charge on any atom is -0.480 e. The summed E-state index contributed by atoms with van der Waals surface area (Å²) < 4.78 is 52.3. The minimum atomic E-state index is -4.50. The Hall–Kier alpha value is -4.06. The van der Waals surface area contributed by atoms with E-state index in [1.807, 2.05) is 19.2 Å². The maximum Gasteiger partial charge on any atom is 0.434 e. The quantitative estimate of drug-likeness (QED) is 0.333. The Morgan fingerprint density at radius 1 is 0.974 bits per heavy atom. The van der Waals surface area contributed by atoms with Crippen LogP contribution in [0, 0.1) is 0 Å². The highest BCUT2D eigenvalue weighted by molar-refractivity contribution is 5.67. The molecule has 0 saturated heterocycles. The average molecular weight is 538 g/mol. The summed E-state index contributed by atoms with van der Waals surface area (Å²) in [6, 6.07) is 7.09. The van der Waals surface area contributed by atoms with Crippen LogP contribution in [0.25, 0.3) is 22.8 Å². The number of fused-ring (bicyclic) bond motifs is 1. The second kappa shape index (κ2) is 9.60. The van der Waals surface area contributed by atoms with Gasteiger partial charge in [-0.1, -0.05) is 24.3 Å². The molecule has 39 heavy (non-hydrogen) atoms. The molecule has 9 nitrogen and oxygen atoms in total. The van der Waals surface area contributed by atoms with Crippen molar-refractivity contribution in [3.63, 3.8) is 0 Å². The molecule has 3 aromatic heterocycles. The van der Waals surface area contributed by atoms with Crippen LogP contribution < -0.4 is 9.47 Å². The standard InChI is InChI=1S/C27H26F3N7O2/c1-36-10-18-19(11-36)33-23(21-22(16-8-9-16)31-14-32-26(21)38-3)35-25(18)39-13-15-4-6-17(7-5-15)24-34-20(12-37(24)2)27(28,29)30/h4-7,12,14,16H,8-11,13H2,1-3H3. The van der Waals surface area contributed by atoms with Crippen molar-refractivity contribution >= 4 is 0 Å². The number of ether oxygens (including phenoxy) is 2. The van der Waals surface area contributed by atoms with E-state index in [-0.39, 0.29) is 12.4 Å². The molecule has 0 radical (unpaired) electrons. The summed E-state index contributed by atoms with van der Waals surface area (Å²) in [5, 5.41) is 0. The smallest absolute Gasteiger partial charge is 0.434 e. The van der Waals surface area contributed by atoms with Crippen LogP contribution >= 0.6 is 0 Å². The maximum absolute atomic E-state index is 13.1. The Kier molecular flexibility index (Phi) is 6.21. The van der Waals surface area contributed by atoms with Crippen molar-refractivity contribution < 1.29 is 22.6 Å². The van der Waals surface area contributed by atoms with Crippen molar-refractivity contribution in [3.8, 4) is 34.5 Å². The molecule has 2 aliphatic rings. The normalized spacial score (nSPS) is 15.4. The van der Waals surface area contributed by atoms with Gasteiger partial charge in [0.2, 0.25) is 11.8 Å². The van der Waals surface area contributed by atoms with E-state index in [1.165, 1.54) is 10.9 Å². The minimum absolute atomic E-state index is 0.221. The average Bonchev–Trinajstić information content (AvgIpc) is 3.58. The van der Waals surface area contributed by atoms with Crippen LogP contribution in [0.3, 0.4) is 0 Å². The molecule has 6 rings (SSSR count). The first-order chi connectivity index (χ1) is 18.7. The molecule has 0 bridgehead atoms. The van der Waals surface area contributed by atoms with E-state index in [4.69, 9.17) is 19.4 Å². The number of rotatable bonds is 7. The van der Waals surface area contributed by atoms with Gasteiger partial charge in [0.25, 0.3) is 0 Å². The topological polar surface area (TPSA) is 91.1 Å². The third kappa shape index (κ3) is 4.91. The lowest BCUT2D eigenvalue weighted by atomic mass is 10.1. The van der Waals surface area contributed by atoms with Gasteiger partial charge in [0, 0.05) is 37.8 Å². The lowest BCUT2D eigenvalue weighted by Gasteiger charge is -2.14. The van der Waals surface area contributed by atoms with Crippen LogP contribution in [-0.2, 0) is 32.9 Å². The number of halogens is 3. The van der Waals surface area contributed by atoms with Gasteiger partial charge < -0.3 is 14.0 Å². The van der Waals surface area contributed by atoms with Gasteiger partial charge in [-0.15, -0.1) is 0 Å². The van der Waals surface area contributed by atoms with Gasteiger partial charge in [-0.05, 0) is 25.5 Å².